The fraction of sp³-hybridized carbons (Fsp3) is 0.462. The Morgan fingerprint density at radius 2 is 2.28 bits per heavy atom. The van der Waals surface area contributed by atoms with E-state index in [1.807, 2.05) is 6.92 Å². The molecule has 1 aromatic rings. The summed E-state index contributed by atoms with van der Waals surface area (Å²) in [6, 6.07) is 4.82. The molecule has 0 spiro atoms. The first-order chi connectivity index (χ1) is 8.16. The van der Waals surface area contributed by atoms with Crippen LogP contribution in [0.5, 0.6) is 0 Å². The molecule has 1 aliphatic heterocycles. The Kier molecular flexibility index (Phi) is 5.56. The molecule has 100 valence electrons. The van der Waals surface area contributed by atoms with Crippen molar-refractivity contribution >= 4 is 24.0 Å². The summed E-state index contributed by atoms with van der Waals surface area (Å²) in [7, 11) is 0. The average Bonchev–Trinajstić information content (AvgIpc) is 2.34. The first-order valence-electron chi connectivity index (χ1n) is 5.94. The van der Waals surface area contributed by atoms with Gasteiger partial charge in [0.05, 0.1) is 11.6 Å². The lowest BCUT2D eigenvalue weighted by Crippen LogP contribution is -2.37. The fourth-order valence-electron chi connectivity index (χ4n) is 2.03. The van der Waals surface area contributed by atoms with E-state index in [1.54, 1.807) is 12.1 Å². The van der Waals surface area contributed by atoms with Crippen molar-refractivity contribution in [3.8, 4) is 0 Å². The van der Waals surface area contributed by atoms with Gasteiger partial charge in [0.15, 0.2) is 0 Å². The average molecular weight is 273 g/mol. The number of nitrogens with one attached hydrogen (secondary N) is 2. The van der Waals surface area contributed by atoms with E-state index in [0.717, 1.165) is 24.9 Å². The molecule has 2 rings (SSSR count). The highest BCUT2D eigenvalue weighted by molar-refractivity contribution is 5.92. The van der Waals surface area contributed by atoms with Crippen molar-refractivity contribution in [2.45, 2.75) is 19.8 Å². The summed E-state index contributed by atoms with van der Waals surface area (Å²) in [5, 5.41) is 5.82. The lowest BCUT2D eigenvalue weighted by molar-refractivity contribution is -0.120. The van der Waals surface area contributed by atoms with E-state index in [9.17, 15) is 9.18 Å². The van der Waals surface area contributed by atoms with Gasteiger partial charge >= 0.3 is 0 Å². The van der Waals surface area contributed by atoms with E-state index in [4.69, 9.17) is 0 Å². The molecule has 0 aliphatic carbocycles. The summed E-state index contributed by atoms with van der Waals surface area (Å²) in [5.41, 5.74) is 1.12. The van der Waals surface area contributed by atoms with E-state index in [-0.39, 0.29) is 35.7 Å². The zero-order chi connectivity index (χ0) is 12.3. The van der Waals surface area contributed by atoms with Crippen LogP contribution in [0.25, 0.3) is 0 Å². The predicted octanol–water partition coefficient (Wildman–Crippen LogP) is 2.49. The van der Waals surface area contributed by atoms with Gasteiger partial charge in [-0.05, 0) is 44.0 Å². The second kappa shape index (κ2) is 6.71. The van der Waals surface area contributed by atoms with Crippen molar-refractivity contribution < 1.29 is 9.18 Å². The summed E-state index contributed by atoms with van der Waals surface area (Å²) in [4.78, 5) is 11.9. The molecule has 1 aromatic carbocycles. The van der Waals surface area contributed by atoms with Gasteiger partial charge in [0.2, 0.25) is 5.91 Å². The van der Waals surface area contributed by atoms with Crippen LogP contribution in [-0.4, -0.2) is 19.0 Å². The van der Waals surface area contributed by atoms with E-state index in [1.165, 1.54) is 6.07 Å². The van der Waals surface area contributed by atoms with Crippen molar-refractivity contribution in [2.24, 2.45) is 5.92 Å². The highest BCUT2D eigenvalue weighted by atomic mass is 35.5. The fourth-order valence-corrected chi connectivity index (χ4v) is 2.03. The normalized spacial score (nSPS) is 18.9. The maximum absolute atomic E-state index is 13.5. The van der Waals surface area contributed by atoms with Crippen LogP contribution >= 0.6 is 12.4 Å². The van der Waals surface area contributed by atoms with Gasteiger partial charge in [-0.15, -0.1) is 12.4 Å². The molecule has 0 aromatic heterocycles. The summed E-state index contributed by atoms with van der Waals surface area (Å²) in [5.74, 6) is -0.522. The molecule has 0 radical (unpaired) electrons. The minimum Gasteiger partial charge on any atom is -0.323 e. The van der Waals surface area contributed by atoms with Crippen molar-refractivity contribution in [1.82, 2.24) is 5.32 Å². The summed E-state index contributed by atoms with van der Waals surface area (Å²) >= 11 is 0. The lowest BCUT2D eigenvalue weighted by atomic mass is 9.99. The second-order valence-electron chi connectivity index (χ2n) is 4.52. The molecule has 1 amide bonds. The Balaban J connectivity index is 0.00000162. The Hall–Kier alpha value is -1.13. The van der Waals surface area contributed by atoms with Crippen LogP contribution in [0.2, 0.25) is 0 Å². The number of benzene rings is 1. The van der Waals surface area contributed by atoms with Gasteiger partial charge < -0.3 is 10.6 Å². The molecule has 1 saturated heterocycles. The molecular weight excluding hydrogens is 255 g/mol. The van der Waals surface area contributed by atoms with Crippen LogP contribution in [-0.2, 0) is 4.79 Å². The van der Waals surface area contributed by atoms with Crippen LogP contribution in [0.15, 0.2) is 18.2 Å². The quantitative estimate of drug-likeness (QED) is 0.869. The first kappa shape index (κ1) is 14.9. The summed E-state index contributed by atoms with van der Waals surface area (Å²) in [6.07, 6.45) is 1.86. The van der Waals surface area contributed by atoms with E-state index < -0.39 is 0 Å². The summed E-state index contributed by atoms with van der Waals surface area (Å²) < 4.78 is 13.5. The van der Waals surface area contributed by atoms with Gasteiger partial charge in [0.25, 0.3) is 0 Å². The topological polar surface area (TPSA) is 41.1 Å². The van der Waals surface area contributed by atoms with E-state index >= 15 is 0 Å². The van der Waals surface area contributed by atoms with Crippen LogP contribution in [0, 0.1) is 18.7 Å². The smallest absolute Gasteiger partial charge is 0.228 e. The molecule has 18 heavy (non-hydrogen) atoms. The van der Waals surface area contributed by atoms with Crippen LogP contribution in [0.3, 0.4) is 0 Å². The zero-order valence-electron chi connectivity index (χ0n) is 10.3. The second-order valence-corrected chi connectivity index (χ2v) is 4.52. The highest BCUT2D eigenvalue weighted by Gasteiger charge is 2.21. The molecule has 5 heteroatoms. The van der Waals surface area contributed by atoms with Gasteiger partial charge in [-0.3, -0.25) is 4.79 Å². The number of piperidine rings is 1. The number of carbonyl (C=O) groups excluding carboxylic acids is 1. The largest absolute Gasteiger partial charge is 0.323 e. The zero-order valence-corrected chi connectivity index (χ0v) is 11.1. The SMILES string of the molecule is Cc1ccc(NC(=O)C2CCCNC2)c(F)c1.Cl. The van der Waals surface area contributed by atoms with E-state index in [0.29, 0.717) is 6.54 Å². The third-order valence-corrected chi connectivity index (χ3v) is 3.05. The van der Waals surface area contributed by atoms with Crippen LogP contribution < -0.4 is 10.6 Å². The highest BCUT2D eigenvalue weighted by Crippen LogP contribution is 2.18. The van der Waals surface area contributed by atoms with Crippen molar-refractivity contribution in [3.63, 3.8) is 0 Å². The molecule has 1 heterocycles. The number of hydrogen-bond donors (Lipinski definition) is 2. The van der Waals surface area contributed by atoms with Gasteiger partial charge in [-0.1, -0.05) is 6.07 Å². The summed E-state index contributed by atoms with van der Waals surface area (Å²) in [6.45, 7) is 3.46. The molecule has 2 N–H and O–H groups in total. The van der Waals surface area contributed by atoms with Gasteiger partial charge in [-0.2, -0.15) is 0 Å². The van der Waals surface area contributed by atoms with Gasteiger partial charge in [0.1, 0.15) is 5.82 Å². The van der Waals surface area contributed by atoms with Crippen molar-refractivity contribution in [1.29, 1.82) is 0 Å². The Bertz CT molecular complexity index is 419. The Morgan fingerprint density at radius 1 is 1.50 bits per heavy atom. The maximum atomic E-state index is 13.5. The number of carbonyl (C=O) groups is 1. The number of hydrogen-bond acceptors (Lipinski definition) is 2. The predicted molar refractivity (Wildman–Crippen MR) is 72.6 cm³/mol. The lowest BCUT2D eigenvalue weighted by Gasteiger charge is -2.22. The number of halogens is 2. The molecule has 0 bridgehead atoms. The standard InChI is InChI=1S/C13H17FN2O.ClH/c1-9-4-5-12(11(14)7-9)16-13(17)10-3-2-6-15-8-10;/h4-5,7,10,15H,2-3,6,8H2,1H3,(H,16,17);1H. The minimum absolute atomic E-state index is 0. The molecular formula is C13H18ClFN2O. The van der Waals surface area contributed by atoms with Gasteiger partial charge in [-0.25, -0.2) is 4.39 Å². The maximum Gasteiger partial charge on any atom is 0.228 e. The minimum atomic E-state index is -0.373. The molecule has 1 fully saturated rings. The van der Waals surface area contributed by atoms with Crippen molar-refractivity contribution in [3.05, 3.63) is 29.6 Å². The molecule has 1 aliphatic rings. The Labute approximate surface area is 113 Å². The van der Waals surface area contributed by atoms with Crippen LogP contribution in [0.4, 0.5) is 10.1 Å². The third-order valence-electron chi connectivity index (χ3n) is 3.05. The van der Waals surface area contributed by atoms with Crippen molar-refractivity contribution in [2.75, 3.05) is 18.4 Å². The monoisotopic (exact) mass is 272 g/mol. The first-order valence-corrected chi connectivity index (χ1v) is 5.94. The number of anilines is 1. The molecule has 1 atom stereocenters. The number of amides is 1. The molecule has 3 nitrogen and oxygen atoms in total. The molecule has 1 unspecified atom stereocenters. The third kappa shape index (κ3) is 3.68. The van der Waals surface area contributed by atoms with Gasteiger partial charge in [0, 0.05) is 6.54 Å². The number of aryl methyl sites for hydroxylation is 1. The molecule has 0 saturated carbocycles. The van der Waals surface area contributed by atoms with E-state index in [2.05, 4.69) is 10.6 Å². The number of rotatable bonds is 2. The Morgan fingerprint density at radius 3 is 2.89 bits per heavy atom. The van der Waals surface area contributed by atoms with Crippen LogP contribution in [0.1, 0.15) is 18.4 Å².